The summed E-state index contributed by atoms with van der Waals surface area (Å²) in [4.78, 5) is 3.51. The Morgan fingerprint density at radius 1 is 0.731 bits per heavy atom. The molecule has 0 spiro atoms. The third-order valence-electron chi connectivity index (χ3n) is 4.96. The number of thiophene rings is 1. The van der Waals surface area contributed by atoms with Crippen molar-refractivity contribution in [3.63, 3.8) is 0 Å². The van der Waals surface area contributed by atoms with Gasteiger partial charge >= 0.3 is 0 Å². The molecule has 2 aromatic heterocycles. The molecule has 0 amide bonds. The van der Waals surface area contributed by atoms with Crippen molar-refractivity contribution in [2.24, 2.45) is 0 Å². The summed E-state index contributed by atoms with van der Waals surface area (Å²) in [5.41, 5.74) is 4.23. The summed E-state index contributed by atoms with van der Waals surface area (Å²) in [5, 5.41) is 3.63. The van der Waals surface area contributed by atoms with Crippen LogP contribution in [0.3, 0.4) is 0 Å². The van der Waals surface area contributed by atoms with Crippen LogP contribution < -0.4 is 0 Å². The number of nitrogens with one attached hydrogen (secondary N) is 1. The highest BCUT2D eigenvalue weighted by molar-refractivity contribution is 7.26. The van der Waals surface area contributed by atoms with E-state index in [0.29, 0.717) is 10.1 Å². The van der Waals surface area contributed by atoms with Crippen LogP contribution in [0.4, 0.5) is 0 Å². The Balaban J connectivity index is 1.75. The molecule has 6 rings (SSSR count). The molecule has 0 fully saturated rings. The van der Waals surface area contributed by atoms with Crippen molar-refractivity contribution in [2.75, 3.05) is 0 Å². The van der Waals surface area contributed by atoms with E-state index in [-0.39, 0.29) is 24.2 Å². The summed E-state index contributed by atoms with van der Waals surface area (Å²) < 4.78 is 34.5. The van der Waals surface area contributed by atoms with Crippen molar-refractivity contribution in [2.45, 2.75) is 0 Å². The number of aromatic amines is 1. The smallest absolute Gasteiger partial charge is 0.0638 e. The second-order valence-electron chi connectivity index (χ2n) is 6.42. The molecule has 2 heteroatoms. The number of hydrogen-bond acceptors (Lipinski definition) is 1. The van der Waals surface area contributed by atoms with E-state index >= 15 is 0 Å². The summed E-state index contributed by atoms with van der Waals surface area (Å²) in [5.74, 6) is 0. The molecule has 0 atom stereocenters. The summed E-state index contributed by atoms with van der Waals surface area (Å²) in [7, 11) is 0. The zero-order valence-corrected chi connectivity index (χ0v) is 14.5. The molecule has 0 aliphatic heterocycles. The fraction of sp³-hybridized carbons (Fsp3) is 0. The molecule has 1 N–H and O–H groups in total. The maximum Gasteiger partial charge on any atom is 0.0638 e. The summed E-state index contributed by atoms with van der Waals surface area (Å²) in [6.45, 7) is 0. The predicted molar refractivity (Wildman–Crippen MR) is 114 cm³/mol. The van der Waals surface area contributed by atoms with Crippen LogP contribution in [0.5, 0.6) is 0 Å². The first-order chi connectivity index (χ1) is 14.5. The summed E-state index contributed by atoms with van der Waals surface area (Å²) >= 11 is 1.42. The molecule has 4 aromatic carbocycles. The van der Waals surface area contributed by atoms with E-state index < -0.39 is 0 Å². The molecule has 0 saturated carbocycles. The molecule has 1 nitrogen and oxygen atoms in total. The van der Waals surface area contributed by atoms with E-state index in [1.165, 1.54) is 11.3 Å². The van der Waals surface area contributed by atoms with Gasteiger partial charge in [-0.2, -0.15) is 0 Å². The third kappa shape index (κ3) is 1.91. The largest absolute Gasteiger partial charge is 0.354 e. The molecule has 0 aliphatic rings. The SMILES string of the molecule is [2H]c1c([2H])c([2H])c2c(sc3ccc4c5cc(-c6ccccc6)ccc5[nH]c4c32)c1[2H]. The number of fused-ring (bicyclic) bond motifs is 7. The predicted octanol–water partition coefficient (Wildman–Crippen LogP) is 7.36. The van der Waals surface area contributed by atoms with Gasteiger partial charge in [-0.3, -0.25) is 0 Å². The molecule has 0 unspecified atom stereocenters. The van der Waals surface area contributed by atoms with Gasteiger partial charge < -0.3 is 4.98 Å². The van der Waals surface area contributed by atoms with E-state index in [1.54, 1.807) is 0 Å². The van der Waals surface area contributed by atoms with Crippen LogP contribution in [0.1, 0.15) is 5.48 Å². The Kier molecular flexibility index (Phi) is 2.16. The third-order valence-corrected chi connectivity index (χ3v) is 6.03. The quantitative estimate of drug-likeness (QED) is 0.318. The minimum Gasteiger partial charge on any atom is -0.354 e. The summed E-state index contributed by atoms with van der Waals surface area (Å²) in [6.07, 6.45) is 0. The fourth-order valence-corrected chi connectivity index (χ4v) is 4.77. The molecule has 0 saturated heterocycles. The van der Waals surface area contributed by atoms with E-state index in [2.05, 4.69) is 41.4 Å². The second-order valence-corrected chi connectivity index (χ2v) is 7.47. The molecular weight excluding hydrogens is 334 g/mol. The topological polar surface area (TPSA) is 15.8 Å². The van der Waals surface area contributed by atoms with Gasteiger partial charge in [0.1, 0.15) is 0 Å². The first-order valence-electron chi connectivity index (χ1n) is 10.5. The fourth-order valence-electron chi connectivity index (χ4n) is 3.76. The first kappa shape index (κ1) is 10.8. The Morgan fingerprint density at radius 2 is 1.62 bits per heavy atom. The van der Waals surface area contributed by atoms with Crippen LogP contribution in [0.15, 0.2) is 84.8 Å². The monoisotopic (exact) mass is 353 g/mol. The minimum absolute atomic E-state index is 0.0216. The molecule has 0 radical (unpaired) electrons. The number of benzene rings is 4. The van der Waals surface area contributed by atoms with Crippen LogP contribution >= 0.6 is 11.3 Å². The standard InChI is InChI=1S/C24H15NS/c1-2-6-15(7-3-1)16-10-12-20-19(14-16)17-11-13-22-23(24(17)25-20)18-8-4-5-9-21(18)26-22/h1-14,25H/i4D,5D,8D,9D. The molecule has 0 aliphatic carbocycles. The second kappa shape index (κ2) is 5.20. The van der Waals surface area contributed by atoms with E-state index in [4.69, 9.17) is 5.48 Å². The van der Waals surface area contributed by atoms with Gasteiger partial charge in [0.05, 0.1) is 11.0 Å². The van der Waals surface area contributed by atoms with Gasteiger partial charge in [0, 0.05) is 36.5 Å². The highest BCUT2D eigenvalue weighted by atomic mass is 32.1. The van der Waals surface area contributed by atoms with Crippen LogP contribution in [0.2, 0.25) is 0 Å². The van der Waals surface area contributed by atoms with Gasteiger partial charge in [0.25, 0.3) is 0 Å². The van der Waals surface area contributed by atoms with Gasteiger partial charge in [0.2, 0.25) is 0 Å². The van der Waals surface area contributed by atoms with Crippen molar-refractivity contribution < 1.29 is 5.48 Å². The van der Waals surface area contributed by atoms with Gasteiger partial charge in [-0.1, -0.05) is 60.6 Å². The van der Waals surface area contributed by atoms with Crippen molar-refractivity contribution >= 4 is 53.3 Å². The Morgan fingerprint density at radius 3 is 2.54 bits per heavy atom. The Bertz CT molecular complexity index is 1630. The number of rotatable bonds is 1. The zero-order chi connectivity index (χ0) is 20.6. The average molecular weight is 353 g/mol. The molecule has 122 valence electrons. The van der Waals surface area contributed by atoms with E-state index in [1.807, 2.05) is 24.3 Å². The highest BCUT2D eigenvalue weighted by Crippen LogP contribution is 2.40. The highest BCUT2D eigenvalue weighted by Gasteiger charge is 2.13. The molecule has 2 heterocycles. The normalized spacial score (nSPS) is 14.0. The molecule has 0 bridgehead atoms. The van der Waals surface area contributed by atoms with E-state index in [9.17, 15) is 0 Å². The van der Waals surface area contributed by atoms with Crippen LogP contribution in [0, 0.1) is 0 Å². The van der Waals surface area contributed by atoms with Crippen molar-refractivity contribution in [1.29, 1.82) is 0 Å². The molecule has 26 heavy (non-hydrogen) atoms. The zero-order valence-electron chi connectivity index (χ0n) is 17.7. The van der Waals surface area contributed by atoms with Crippen LogP contribution in [-0.4, -0.2) is 4.98 Å². The Hall–Kier alpha value is -3.10. The number of aromatic nitrogens is 1. The maximum atomic E-state index is 8.48. The van der Waals surface area contributed by atoms with Crippen LogP contribution in [0.25, 0.3) is 53.1 Å². The maximum absolute atomic E-state index is 8.48. The average Bonchev–Trinajstić information content (AvgIpc) is 3.35. The molecule has 6 aromatic rings. The number of H-pyrrole nitrogens is 1. The lowest BCUT2D eigenvalue weighted by molar-refractivity contribution is 1.56. The first-order valence-corrected chi connectivity index (χ1v) is 9.28. The lowest BCUT2D eigenvalue weighted by Gasteiger charge is -2.01. The van der Waals surface area contributed by atoms with E-state index in [0.717, 1.165) is 43.0 Å². The van der Waals surface area contributed by atoms with Crippen molar-refractivity contribution in [3.05, 3.63) is 84.8 Å². The van der Waals surface area contributed by atoms with Crippen LogP contribution in [-0.2, 0) is 0 Å². The Labute approximate surface area is 160 Å². The van der Waals surface area contributed by atoms with Gasteiger partial charge in [-0.15, -0.1) is 11.3 Å². The van der Waals surface area contributed by atoms with Crippen molar-refractivity contribution in [3.8, 4) is 11.1 Å². The number of hydrogen-bond donors (Lipinski definition) is 1. The lowest BCUT2D eigenvalue weighted by Crippen LogP contribution is -1.76. The molecular formula is C24H15NS. The minimum atomic E-state index is -0.188. The summed E-state index contributed by atoms with van der Waals surface area (Å²) in [6, 6.07) is 20.4. The van der Waals surface area contributed by atoms with Gasteiger partial charge in [-0.25, -0.2) is 0 Å². The lowest BCUT2D eigenvalue weighted by atomic mass is 10.0. The van der Waals surface area contributed by atoms with Crippen molar-refractivity contribution in [1.82, 2.24) is 4.98 Å². The van der Waals surface area contributed by atoms with Gasteiger partial charge in [0.15, 0.2) is 0 Å². The van der Waals surface area contributed by atoms with Gasteiger partial charge in [-0.05, 0) is 35.4 Å².